The Balaban J connectivity index is 2.06. The third-order valence-corrected chi connectivity index (χ3v) is 3.71. The third-order valence-electron chi connectivity index (χ3n) is 3.52. The number of hydrogen-bond donors (Lipinski definition) is 0. The molecule has 118 valence electrons. The van der Waals surface area contributed by atoms with Crippen molar-refractivity contribution in [2.45, 2.75) is 32.0 Å². The molecule has 0 amide bonds. The molecule has 10 heteroatoms. The molecule has 0 spiro atoms. The number of anilines is 1. The van der Waals surface area contributed by atoms with Gasteiger partial charge in [0.2, 0.25) is 5.28 Å². The minimum Gasteiger partial charge on any atom is -0.344 e. The van der Waals surface area contributed by atoms with Gasteiger partial charge < -0.3 is 4.90 Å². The monoisotopic (exact) mass is 332 g/mol. The fourth-order valence-corrected chi connectivity index (χ4v) is 2.71. The zero-order chi connectivity index (χ0) is 15.9. The number of hydrogen-bond acceptors (Lipinski definition) is 5. The molecule has 0 saturated carbocycles. The van der Waals surface area contributed by atoms with Crippen molar-refractivity contribution in [1.29, 1.82) is 0 Å². The first-order chi connectivity index (χ1) is 10.4. The fourth-order valence-electron chi connectivity index (χ4n) is 2.58. The van der Waals surface area contributed by atoms with Crippen LogP contribution in [0.15, 0.2) is 12.5 Å². The minimum atomic E-state index is -4.25. The van der Waals surface area contributed by atoms with Gasteiger partial charge in [-0.15, -0.1) is 10.2 Å². The highest BCUT2D eigenvalue weighted by atomic mass is 35.5. The number of halogens is 4. The molecule has 0 bridgehead atoms. The van der Waals surface area contributed by atoms with E-state index >= 15 is 0 Å². The highest BCUT2D eigenvalue weighted by Gasteiger charge is 2.36. The van der Waals surface area contributed by atoms with Gasteiger partial charge in [0, 0.05) is 6.54 Å². The number of fused-ring (bicyclic) bond motifs is 3. The predicted molar refractivity (Wildman–Crippen MR) is 73.0 cm³/mol. The topological polar surface area (TPSA) is 59.7 Å². The van der Waals surface area contributed by atoms with Crippen molar-refractivity contribution in [1.82, 2.24) is 24.7 Å². The van der Waals surface area contributed by atoms with Crippen LogP contribution in [-0.4, -0.2) is 37.5 Å². The van der Waals surface area contributed by atoms with Crippen molar-refractivity contribution in [2.75, 3.05) is 11.4 Å². The molecule has 1 aliphatic rings. The molecule has 1 aliphatic heterocycles. The van der Waals surface area contributed by atoms with Gasteiger partial charge in [-0.1, -0.05) is 6.92 Å². The van der Waals surface area contributed by atoms with Gasteiger partial charge in [-0.05, 0) is 18.0 Å². The number of nitrogens with zero attached hydrogens (tertiary/aromatic N) is 6. The molecule has 0 N–H and O–H groups in total. The van der Waals surface area contributed by atoms with Gasteiger partial charge >= 0.3 is 6.18 Å². The standard InChI is InChI=1S/C12H12ClF3N6/c1-2-7-10-20-18-6-22(10)8-5-17-11(13)19-9(8)21(7)4-3-12(14,15)16/h5-7H,2-4H2,1H3. The lowest BCUT2D eigenvalue weighted by molar-refractivity contribution is -0.132. The van der Waals surface area contributed by atoms with E-state index in [0.29, 0.717) is 23.8 Å². The maximum atomic E-state index is 12.6. The van der Waals surface area contributed by atoms with Crippen LogP contribution >= 0.6 is 11.6 Å². The second-order valence-electron chi connectivity index (χ2n) is 4.89. The first-order valence-corrected chi connectivity index (χ1v) is 7.04. The van der Waals surface area contributed by atoms with E-state index in [-0.39, 0.29) is 17.9 Å². The molecule has 1 unspecified atom stereocenters. The van der Waals surface area contributed by atoms with Crippen molar-refractivity contribution < 1.29 is 13.2 Å². The quantitative estimate of drug-likeness (QED) is 0.809. The number of aromatic nitrogens is 5. The van der Waals surface area contributed by atoms with Crippen molar-refractivity contribution in [3.63, 3.8) is 0 Å². The molecule has 3 rings (SSSR count). The highest BCUT2D eigenvalue weighted by molar-refractivity contribution is 6.28. The SMILES string of the molecule is CCC1c2nncn2-c2cnc(Cl)nc2N1CCC(F)(F)F. The smallest absolute Gasteiger partial charge is 0.344 e. The van der Waals surface area contributed by atoms with Crippen molar-refractivity contribution in [3.8, 4) is 5.69 Å². The normalized spacial score (nSPS) is 17.3. The summed E-state index contributed by atoms with van der Waals surface area (Å²) in [5.74, 6) is 0.937. The van der Waals surface area contributed by atoms with Crippen molar-refractivity contribution in [3.05, 3.63) is 23.6 Å². The number of rotatable bonds is 3. The van der Waals surface area contributed by atoms with Crippen LogP contribution in [0.1, 0.15) is 31.6 Å². The van der Waals surface area contributed by atoms with Gasteiger partial charge in [0.05, 0.1) is 18.7 Å². The molecule has 0 aliphatic carbocycles. The Morgan fingerprint density at radius 2 is 2.14 bits per heavy atom. The maximum Gasteiger partial charge on any atom is 0.390 e. The van der Waals surface area contributed by atoms with Crippen LogP contribution in [0.25, 0.3) is 5.69 Å². The van der Waals surface area contributed by atoms with Gasteiger partial charge in [-0.2, -0.15) is 18.2 Å². The van der Waals surface area contributed by atoms with E-state index in [0.717, 1.165) is 0 Å². The lowest BCUT2D eigenvalue weighted by Crippen LogP contribution is -2.38. The second kappa shape index (κ2) is 5.38. The van der Waals surface area contributed by atoms with Crippen LogP contribution < -0.4 is 4.90 Å². The van der Waals surface area contributed by atoms with Gasteiger partial charge in [-0.3, -0.25) is 4.57 Å². The zero-order valence-electron chi connectivity index (χ0n) is 11.5. The Labute approximate surface area is 128 Å². The highest BCUT2D eigenvalue weighted by Crippen LogP contribution is 2.38. The van der Waals surface area contributed by atoms with Crippen molar-refractivity contribution in [2.24, 2.45) is 0 Å². The summed E-state index contributed by atoms with van der Waals surface area (Å²) in [5, 5.41) is 7.86. The first kappa shape index (κ1) is 15.0. The first-order valence-electron chi connectivity index (χ1n) is 6.67. The van der Waals surface area contributed by atoms with E-state index in [4.69, 9.17) is 11.6 Å². The Kier molecular flexibility index (Phi) is 3.67. The van der Waals surface area contributed by atoms with Crippen LogP contribution in [0.4, 0.5) is 19.0 Å². The summed E-state index contributed by atoms with van der Waals surface area (Å²) in [6.45, 7) is 1.65. The third kappa shape index (κ3) is 2.60. The van der Waals surface area contributed by atoms with Crippen LogP contribution in [0.3, 0.4) is 0 Å². The summed E-state index contributed by atoms with van der Waals surface area (Å²) in [4.78, 5) is 9.57. The van der Waals surface area contributed by atoms with E-state index in [1.54, 1.807) is 9.47 Å². The Hall–Kier alpha value is -1.90. The van der Waals surface area contributed by atoms with Crippen LogP contribution in [-0.2, 0) is 0 Å². The van der Waals surface area contributed by atoms with Gasteiger partial charge in [0.1, 0.15) is 12.0 Å². The van der Waals surface area contributed by atoms with E-state index in [1.165, 1.54) is 12.5 Å². The molecule has 1 atom stereocenters. The lowest BCUT2D eigenvalue weighted by Gasteiger charge is -2.36. The average molecular weight is 333 g/mol. The molecular weight excluding hydrogens is 321 g/mol. The van der Waals surface area contributed by atoms with E-state index in [2.05, 4.69) is 20.2 Å². The molecule has 6 nitrogen and oxygen atoms in total. The van der Waals surface area contributed by atoms with Crippen LogP contribution in [0.2, 0.25) is 5.28 Å². The molecular formula is C12H12ClF3N6. The van der Waals surface area contributed by atoms with Gasteiger partial charge in [0.25, 0.3) is 0 Å². The van der Waals surface area contributed by atoms with Crippen molar-refractivity contribution >= 4 is 17.4 Å². The molecule has 2 aromatic rings. The Bertz CT molecular complexity index is 686. The van der Waals surface area contributed by atoms with Crippen LogP contribution in [0, 0.1) is 0 Å². The zero-order valence-corrected chi connectivity index (χ0v) is 12.3. The average Bonchev–Trinajstić information content (AvgIpc) is 2.92. The molecule has 0 radical (unpaired) electrons. The van der Waals surface area contributed by atoms with E-state index in [9.17, 15) is 13.2 Å². The molecule has 0 fully saturated rings. The second-order valence-corrected chi connectivity index (χ2v) is 5.23. The number of alkyl halides is 3. The molecule has 22 heavy (non-hydrogen) atoms. The summed E-state index contributed by atoms with van der Waals surface area (Å²) in [6, 6.07) is -0.344. The predicted octanol–water partition coefficient (Wildman–Crippen LogP) is 2.93. The summed E-state index contributed by atoms with van der Waals surface area (Å²) in [5.41, 5.74) is 0.524. The summed E-state index contributed by atoms with van der Waals surface area (Å²) in [7, 11) is 0. The molecule has 2 aromatic heterocycles. The maximum absolute atomic E-state index is 12.6. The summed E-state index contributed by atoms with van der Waals surface area (Å²) < 4.78 is 39.5. The molecule has 0 saturated heterocycles. The summed E-state index contributed by atoms with van der Waals surface area (Å²) in [6.07, 6.45) is -1.67. The van der Waals surface area contributed by atoms with E-state index in [1.807, 2.05) is 6.92 Å². The van der Waals surface area contributed by atoms with Gasteiger partial charge in [-0.25, -0.2) is 4.98 Å². The minimum absolute atomic E-state index is 0.0119. The van der Waals surface area contributed by atoms with E-state index < -0.39 is 12.6 Å². The molecule has 0 aromatic carbocycles. The van der Waals surface area contributed by atoms with Crippen LogP contribution in [0.5, 0.6) is 0 Å². The fraction of sp³-hybridized carbons (Fsp3) is 0.500. The largest absolute Gasteiger partial charge is 0.390 e. The van der Waals surface area contributed by atoms with Gasteiger partial charge in [0.15, 0.2) is 11.6 Å². The molecule has 3 heterocycles. The lowest BCUT2D eigenvalue weighted by atomic mass is 10.1. The Morgan fingerprint density at radius 1 is 1.36 bits per heavy atom. The summed E-state index contributed by atoms with van der Waals surface area (Å²) >= 11 is 5.81. The Morgan fingerprint density at radius 3 is 2.82 bits per heavy atom.